The van der Waals surface area contributed by atoms with Crippen LogP contribution in [0.4, 0.5) is 5.69 Å². The Kier molecular flexibility index (Phi) is 4.24. The Morgan fingerprint density at radius 3 is 2.12 bits per heavy atom. The second-order valence-corrected chi connectivity index (χ2v) is 6.31. The van der Waals surface area contributed by atoms with Gasteiger partial charge < -0.3 is 5.32 Å². The number of anilines is 1. The highest BCUT2D eigenvalue weighted by Gasteiger charge is 2.09. The standard InChI is InChI=1S/C24H20N2/c1-26-23-9-5-4-8-22(23)24(25)19-13-10-18(11-14-19)21-15-12-17-6-2-3-7-20(17)16-21/h2-16,25-26H,1H3. The van der Waals surface area contributed by atoms with Gasteiger partial charge in [0.1, 0.15) is 0 Å². The first-order valence-corrected chi connectivity index (χ1v) is 8.71. The molecular weight excluding hydrogens is 316 g/mol. The van der Waals surface area contributed by atoms with Crippen LogP contribution in [0.5, 0.6) is 0 Å². The number of rotatable bonds is 4. The average molecular weight is 336 g/mol. The highest BCUT2D eigenvalue weighted by atomic mass is 14.8. The van der Waals surface area contributed by atoms with Gasteiger partial charge in [-0.05, 0) is 34.0 Å². The summed E-state index contributed by atoms with van der Waals surface area (Å²) in [5.41, 5.74) is 5.67. The van der Waals surface area contributed by atoms with Crippen molar-refractivity contribution in [2.45, 2.75) is 0 Å². The average Bonchev–Trinajstić information content (AvgIpc) is 2.73. The molecule has 126 valence electrons. The molecule has 0 spiro atoms. The van der Waals surface area contributed by atoms with Gasteiger partial charge in [0, 0.05) is 23.9 Å². The van der Waals surface area contributed by atoms with E-state index >= 15 is 0 Å². The minimum atomic E-state index is 0.528. The van der Waals surface area contributed by atoms with Gasteiger partial charge in [0.05, 0.1) is 5.71 Å². The lowest BCUT2D eigenvalue weighted by Gasteiger charge is -2.11. The normalized spacial score (nSPS) is 10.7. The quantitative estimate of drug-likeness (QED) is 0.443. The van der Waals surface area contributed by atoms with Gasteiger partial charge in [0.25, 0.3) is 0 Å². The van der Waals surface area contributed by atoms with Crippen LogP contribution < -0.4 is 5.32 Å². The third-order valence-corrected chi connectivity index (χ3v) is 4.72. The maximum atomic E-state index is 8.56. The van der Waals surface area contributed by atoms with Gasteiger partial charge in [0.15, 0.2) is 0 Å². The van der Waals surface area contributed by atoms with Gasteiger partial charge in [-0.3, -0.25) is 5.41 Å². The highest BCUT2D eigenvalue weighted by Crippen LogP contribution is 2.26. The Hall–Kier alpha value is -3.39. The van der Waals surface area contributed by atoms with E-state index in [-0.39, 0.29) is 0 Å². The molecule has 0 bridgehead atoms. The van der Waals surface area contributed by atoms with Crippen LogP contribution in [-0.4, -0.2) is 12.8 Å². The van der Waals surface area contributed by atoms with Crippen LogP contribution in [0.3, 0.4) is 0 Å². The summed E-state index contributed by atoms with van der Waals surface area (Å²) in [5.74, 6) is 0. The highest BCUT2D eigenvalue weighted by molar-refractivity contribution is 6.14. The van der Waals surface area contributed by atoms with Crippen LogP contribution in [0.25, 0.3) is 21.9 Å². The number of nitrogens with one attached hydrogen (secondary N) is 2. The minimum absolute atomic E-state index is 0.528. The molecule has 0 unspecified atom stereocenters. The molecule has 0 heterocycles. The predicted molar refractivity (Wildman–Crippen MR) is 111 cm³/mol. The van der Waals surface area contributed by atoms with Crippen molar-refractivity contribution < 1.29 is 0 Å². The van der Waals surface area contributed by atoms with Crippen molar-refractivity contribution in [3.05, 3.63) is 102 Å². The van der Waals surface area contributed by atoms with Gasteiger partial charge in [-0.1, -0.05) is 78.9 Å². The van der Waals surface area contributed by atoms with Crippen LogP contribution in [0, 0.1) is 5.41 Å². The molecule has 4 aromatic rings. The smallest absolute Gasteiger partial charge is 0.0705 e. The lowest BCUT2D eigenvalue weighted by Crippen LogP contribution is -2.05. The summed E-state index contributed by atoms with van der Waals surface area (Å²) in [6, 6.07) is 31.1. The molecule has 0 fully saturated rings. The number of fused-ring (bicyclic) bond motifs is 1. The fraction of sp³-hybridized carbons (Fsp3) is 0.0417. The molecular formula is C24H20N2. The molecule has 0 radical (unpaired) electrons. The van der Waals surface area contributed by atoms with Crippen molar-refractivity contribution in [3.63, 3.8) is 0 Å². The Morgan fingerprint density at radius 2 is 1.35 bits per heavy atom. The van der Waals surface area contributed by atoms with Gasteiger partial charge in [-0.15, -0.1) is 0 Å². The monoisotopic (exact) mass is 336 g/mol. The fourth-order valence-electron chi connectivity index (χ4n) is 3.27. The maximum Gasteiger partial charge on any atom is 0.0705 e. The first-order chi connectivity index (χ1) is 12.8. The molecule has 2 N–H and O–H groups in total. The van der Waals surface area contributed by atoms with Gasteiger partial charge in [-0.25, -0.2) is 0 Å². The largest absolute Gasteiger partial charge is 0.388 e. The minimum Gasteiger partial charge on any atom is -0.388 e. The van der Waals surface area contributed by atoms with E-state index in [0.717, 1.165) is 22.4 Å². The molecule has 0 aromatic heterocycles. The van der Waals surface area contributed by atoms with E-state index in [4.69, 9.17) is 5.41 Å². The molecule has 26 heavy (non-hydrogen) atoms. The first-order valence-electron chi connectivity index (χ1n) is 8.71. The van der Waals surface area contributed by atoms with Crippen LogP contribution in [-0.2, 0) is 0 Å². The molecule has 2 heteroatoms. The third kappa shape index (κ3) is 2.98. The zero-order chi connectivity index (χ0) is 17.9. The zero-order valence-corrected chi connectivity index (χ0v) is 14.7. The van der Waals surface area contributed by atoms with E-state index in [0.29, 0.717) is 5.71 Å². The summed E-state index contributed by atoms with van der Waals surface area (Å²) >= 11 is 0. The molecule has 4 rings (SSSR count). The molecule has 0 aliphatic carbocycles. The number of hydrogen-bond donors (Lipinski definition) is 2. The van der Waals surface area contributed by atoms with E-state index in [1.807, 2.05) is 43.4 Å². The van der Waals surface area contributed by atoms with Crippen LogP contribution >= 0.6 is 0 Å². The second kappa shape index (κ2) is 6.85. The molecule has 0 atom stereocenters. The summed E-state index contributed by atoms with van der Waals surface area (Å²) in [6.45, 7) is 0. The van der Waals surface area contributed by atoms with Crippen LogP contribution in [0.15, 0.2) is 91.0 Å². The van der Waals surface area contributed by atoms with Gasteiger partial charge >= 0.3 is 0 Å². The van der Waals surface area contributed by atoms with E-state index < -0.39 is 0 Å². The van der Waals surface area contributed by atoms with Crippen molar-refractivity contribution in [1.29, 1.82) is 5.41 Å². The van der Waals surface area contributed by atoms with E-state index in [1.165, 1.54) is 16.3 Å². The molecule has 0 amide bonds. The fourth-order valence-corrected chi connectivity index (χ4v) is 3.27. The summed E-state index contributed by atoms with van der Waals surface area (Å²) in [4.78, 5) is 0. The van der Waals surface area contributed by atoms with Crippen molar-refractivity contribution >= 4 is 22.2 Å². The van der Waals surface area contributed by atoms with Crippen LogP contribution in [0.1, 0.15) is 11.1 Å². The Morgan fingerprint density at radius 1 is 0.692 bits per heavy atom. The lowest BCUT2D eigenvalue weighted by molar-refractivity contribution is 1.43. The van der Waals surface area contributed by atoms with Crippen molar-refractivity contribution in [1.82, 2.24) is 0 Å². The van der Waals surface area contributed by atoms with Crippen molar-refractivity contribution in [3.8, 4) is 11.1 Å². The molecule has 4 aromatic carbocycles. The Balaban J connectivity index is 1.66. The topological polar surface area (TPSA) is 35.9 Å². The summed E-state index contributed by atoms with van der Waals surface area (Å²) in [6.07, 6.45) is 0. The van der Waals surface area contributed by atoms with E-state index in [2.05, 4.69) is 59.9 Å². The van der Waals surface area contributed by atoms with E-state index in [1.54, 1.807) is 0 Å². The molecule has 0 aliphatic rings. The number of para-hydroxylation sites is 1. The number of benzene rings is 4. The lowest BCUT2D eigenvalue weighted by atomic mass is 9.97. The molecule has 0 aliphatic heterocycles. The summed E-state index contributed by atoms with van der Waals surface area (Å²) < 4.78 is 0. The summed E-state index contributed by atoms with van der Waals surface area (Å²) in [7, 11) is 1.88. The third-order valence-electron chi connectivity index (χ3n) is 4.72. The maximum absolute atomic E-state index is 8.56. The van der Waals surface area contributed by atoms with Crippen molar-refractivity contribution in [2.24, 2.45) is 0 Å². The summed E-state index contributed by atoms with van der Waals surface area (Å²) in [5, 5.41) is 14.2. The van der Waals surface area contributed by atoms with Crippen molar-refractivity contribution in [2.75, 3.05) is 12.4 Å². The zero-order valence-electron chi connectivity index (χ0n) is 14.7. The Bertz CT molecular complexity index is 1080. The van der Waals surface area contributed by atoms with Gasteiger partial charge in [-0.2, -0.15) is 0 Å². The second-order valence-electron chi connectivity index (χ2n) is 6.31. The van der Waals surface area contributed by atoms with E-state index in [9.17, 15) is 0 Å². The molecule has 0 saturated heterocycles. The first kappa shape index (κ1) is 16.1. The van der Waals surface area contributed by atoms with Crippen LogP contribution in [0.2, 0.25) is 0 Å². The predicted octanol–water partition coefficient (Wildman–Crippen LogP) is 5.96. The van der Waals surface area contributed by atoms with Gasteiger partial charge in [0.2, 0.25) is 0 Å². The SMILES string of the molecule is CNc1ccccc1C(=N)c1ccc(-c2ccc3ccccc3c2)cc1. The molecule has 2 nitrogen and oxygen atoms in total. The molecule has 0 saturated carbocycles. The number of hydrogen-bond acceptors (Lipinski definition) is 2. The Labute approximate surface area is 153 Å².